The van der Waals surface area contributed by atoms with Gasteiger partial charge < -0.3 is 5.32 Å². The lowest BCUT2D eigenvalue weighted by Gasteiger charge is -2.05. The average Bonchev–Trinajstić information content (AvgIpc) is 2.03. The smallest absolute Gasteiger partial charge is 0.219 e. The molecule has 0 aliphatic carbocycles. The summed E-state index contributed by atoms with van der Waals surface area (Å²) in [6.07, 6.45) is 4.21. The first-order chi connectivity index (χ1) is 5.66. The predicted octanol–water partition coefficient (Wildman–Crippen LogP) is 2.34. The molecule has 0 aliphatic heterocycles. The van der Waals surface area contributed by atoms with Crippen molar-refractivity contribution in [2.24, 2.45) is 5.92 Å². The van der Waals surface area contributed by atoms with Crippen LogP contribution in [-0.2, 0) is 4.79 Å². The van der Waals surface area contributed by atoms with E-state index in [2.05, 4.69) is 19.2 Å². The molecule has 0 atom stereocenters. The second kappa shape index (κ2) is 7.14. The Morgan fingerprint density at radius 2 is 2.00 bits per heavy atom. The average molecular weight is 171 g/mol. The van der Waals surface area contributed by atoms with Crippen molar-refractivity contribution in [2.45, 2.75) is 46.5 Å². The third-order valence-electron chi connectivity index (χ3n) is 1.85. The molecule has 0 saturated heterocycles. The molecule has 0 bridgehead atoms. The summed E-state index contributed by atoms with van der Waals surface area (Å²) in [6.45, 7) is 7.18. The van der Waals surface area contributed by atoms with E-state index in [0.717, 1.165) is 18.9 Å². The molecule has 0 radical (unpaired) electrons. The molecule has 0 aromatic rings. The van der Waals surface area contributed by atoms with Crippen molar-refractivity contribution >= 4 is 5.91 Å². The highest BCUT2D eigenvalue weighted by Crippen LogP contribution is 2.04. The lowest BCUT2D eigenvalue weighted by molar-refractivity contribution is -0.120. The van der Waals surface area contributed by atoms with Crippen LogP contribution in [0.4, 0.5) is 0 Å². The molecule has 0 saturated carbocycles. The van der Waals surface area contributed by atoms with E-state index in [-0.39, 0.29) is 5.91 Å². The molecule has 0 spiro atoms. The van der Waals surface area contributed by atoms with Gasteiger partial charge >= 0.3 is 0 Å². The summed E-state index contributed by atoms with van der Waals surface area (Å²) in [5.74, 6) is 0.950. The SMILES string of the molecule is CCC(=O)NCCCCC(C)C. The number of hydrogen-bond donors (Lipinski definition) is 1. The number of hydrogen-bond acceptors (Lipinski definition) is 1. The van der Waals surface area contributed by atoms with Gasteiger partial charge in [0.25, 0.3) is 0 Å². The molecule has 12 heavy (non-hydrogen) atoms. The summed E-state index contributed by atoms with van der Waals surface area (Å²) in [6, 6.07) is 0. The molecule has 72 valence electrons. The molecule has 0 fully saturated rings. The van der Waals surface area contributed by atoms with E-state index in [1.54, 1.807) is 0 Å². The van der Waals surface area contributed by atoms with E-state index >= 15 is 0 Å². The van der Waals surface area contributed by atoms with Crippen LogP contribution >= 0.6 is 0 Å². The maximum absolute atomic E-state index is 10.8. The summed E-state index contributed by atoms with van der Waals surface area (Å²) >= 11 is 0. The Labute approximate surface area is 75.7 Å². The Balaban J connectivity index is 3.05. The van der Waals surface area contributed by atoms with E-state index in [1.807, 2.05) is 6.92 Å². The van der Waals surface area contributed by atoms with Gasteiger partial charge in [-0.15, -0.1) is 0 Å². The molecule has 1 N–H and O–H groups in total. The lowest BCUT2D eigenvalue weighted by Crippen LogP contribution is -2.23. The Bertz CT molecular complexity index is 121. The molecular formula is C10H21NO. The Morgan fingerprint density at radius 1 is 1.33 bits per heavy atom. The van der Waals surface area contributed by atoms with Crippen LogP contribution in [0.15, 0.2) is 0 Å². The number of unbranched alkanes of at least 4 members (excludes halogenated alkanes) is 1. The van der Waals surface area contributed by atoms with Gasteiger partial charge in [0.15, 0.2) is 0 Å². The first-order valence-electron chi connectivity index (χ1n) is 4.93. The predicted molar refractivity (Wildman–Crippen MR) is 52.0 cm³/mol. The van der Waals surface area contributed by atoms with Crippen LogP contribution in [0, 0.1) is 5.92 Å². The molecular weight excluding hydrogens is 150 g/mol. The van der Waals surface area contributed by atoms with Gasteiger partial charge in [-0.05, 0) is 12.3 Å². The van der Waals surface area contributed by atoms with E-state index in [1.165, 1.54) is 12.8 Å². The molecule has 0 heterocycles. The van der Waals surface area contributed by atoms with E-state index in [0.29, 0.717) is 6.42 Å². The fraction of sp³-hybridized carbons (Fsp3) is 0.900. The van der Waals surface area contributed by atoms with Gasteiger partial charge in [-0.3, -0.25) is 4.79 Å². The van der Waals surface area contributed by atoms with Crippen molar-refractivity contribution in [2.75, 3.05) is 6.54 Å². The highest BCUT2D eigenvalue weighted by atomic mass is 16.1. The second-order valence-electron chi connectivity index (χ2n) is 3.59. The monoisotopic (exact) mass is 171 g/mol. The van der Waals surface area contributed by atoms with E-state index in [4.69, 9.17) is 0 Å². The molecule has 0 rings (SSSR count). The number of rotatable bonds is 6. The zero-order valence-electron chi connectivity index (χ0n) is 8.52. The molecule has 0 aromatic carbocycles. The Kier molecular flexibility index (Phi) is 6.82. The van der Waals surface area contributed by atoms with E-state index < -0.39 is 0 Å². The zero-order chi connectivity index (χ0) is 9.40. The summed E-state index contributed by atoms with van der Waals surface area (Å²) < 4.78 is 0. The molecule has 1 amide bonds. The van der Waals surface area contributed by atoms with E-state index in [9.17, 15) is 4.79 Å². The molecule has 2 heteroatoms. The van der Waals surface area contributed by atoms with Crippen molar-refractivity contribution in [3.8, 4) is 0 Å². The minimum Gasteiger partial charge on any atom is -0.356 e. The van der Waals surface area contributed by atoms with Crippen LogP contribution < -0.4 is 5.32 Å². The van der Waals surface area contributed by atoms with Crippen LogP contribution in [-0.4, -0.2) is 12.5 Å². The highest BCUT2D eigenvalue weighted by Gasteiger charge is 1.96. The van der Waals surface area contributed by atoms with Gasteiger partial charge in [-0.25, -0.2) is 0 Å². The van der Waals surface area contributed by atoms with Gasteiger partial charge in [-0.1, -0.05) is 33.6 Å². The standard InChI is InChI=1S/C10H21NO/c1-4-10(12)11-8-6-5-7-9(2)3/h9H,4-8H2,1-3H3,(H,11,12). The van der Waals surface area contributed by atoms with Crippen LogP contribution in [0.1, 0.15) is 46.5 Å². The topological polar surface area (TPSA) is 29.1 Å². The minimum absolute atomic E-state index is 0.166. The van der Waals surface area contributed by atoms with Crippen LogP contribution in [0.25, 0.3) is 0 Å². The van der Waals surface area contributed by atoms with Crippen LogP contribution in [0.2, 0.25) is 0 Å². The van der Waals surface area contributed by atoms with Crippen LogP contribution in [0.3, 0.4) is 0 Å². The van der Waals surface area contributed by atoms with Gasteiger partial charge in [-0.2, -0.15) is 0 Å². The number of amides is 1. The minimum atomic E-state index is 0.166. The molecule has 2 nitrogen and oxygen atoms in total. The van der Waals surface area contributed by atoms with Gasteiger partial charge in [0.2, 0.25) is 5.91 Å². The van der Waals surface area contributed by atoms with Crippen molar-refractivity contribution in [3.63, 3.8) is 0 Å². The van der Waals surface area contributed by atoms with Crippen molar-refractivity contribution in [1.29, 1.82) is 0 Å². The zero-order valence-corrected chi connectivity index (χ0v) is 8.52. The second-order valence-corrected chi connectivity index (χ2v) is 3.59. The highest BCUT2D eigenvalue weighted by molar-refractivity contribution is 5.75. The largest absolute Gasteiger partial charge is 0.356 e. The first kappa shape index (κ1) is 11.5. The maximum atomic E-state index is 10.8. The van der Waals surface area contributed by atoms with Crippen molar-refractivity contribution in [1.82, 2.24) is 5.32 Å². The maximum Gasteiger partial charge on any atom is 0.219 e. The fourth-order valence-electron chi connectivity index (χ4n) is 1.03. The third-order valence-corrected chi connectivity index (χ3v) is 1.85. The summed E-state index contributed by atoms with van der Waals surface area (Å²) in [4.78, 5) is 10.8. The van der Waals surface area contributed by atoms with Gasteiger partial charge in [0.1, 0.15) is 0 Å². The number of carbonyl (C=O) groups excluding carboxylic acids is 1. The third kappa shape index (κ3) is 7.58. The quantitative estimate of drug-likeness (QED) is 0.611. The Morgan fingerprint density at radius 3 is 2.50 bits per heavy atom. The van der Waals surface area contributed by atoms with Crippen molar-refractivity contribution < 1.29 is 4.79 Å². The van der Waals surface area contributed by atoms with Gasteiger partial charge in [0.05, 0.1) is 0 Å². The summed E-state index contributed by atoms with van der Waals surface area (Å²) in [5.41, 5.74) is 0. The van der Waals surface area contributed by atoms with Gasteiger partial charge in [0, 0.05) is 13.0 Å². The number of carbonyl (C=O) groups is 1. The normalized spacial score (nSPS) is 10.3. The van der Waals surface area contributed by atoms with Crippen molar-refractivity contribution in [3.05, 3.63) is 0 Å². The molecule has 0 unspecified atom stereocenters. The lowest BCUT2D eigenvalue weighted by atomic mass is 10.1. The summed E-state index contributed by atoms with van der Waals surface area (Å²) in [7, 11) is 0. The fourth-order valence-corrected chi connectivity index (χ4v) is 1.03. The number of nitrogens with one attached hydrogen (secondary N) is 1. The first-order valence-corrected chi connectivity index (χ1v) is 4.93. The Hall–Kier alpha value is -0.530. The van der Waals surface area contributed by atoms with Crippen LogP contribution in [0.5, 0.6) is 0 Å². The molecule has 0 aliphatic rings. The molecule has 0 aromatic heterocycles. The summed E-state index contributed by atoms with van der Waals surface area (Å²) in [5, 5.41) is 2.87.